The Kier molecular flexibility index (Phi) is 2.21. The first-order valence-corrected chi connectivity index (χ1v) is 3.63. The van der Waals surface area contributed by atoms with E-state index >= 15 is 0 Å². The summed E-state index contributed by atoms with van der Waals surface area (Å²) in [6.07, 6.45) is 0.173. The lowest BCUT2D eigenvalue weighted by atomic mass is 10.2. The highest BCUT2D eigenvalue weighted by Gasteiger charge is 2.61. The molecule has 3 N–H and O–H groups in total. The third kappa shape index (κ3) is 1.60. The first-order chi connectivity index (χ1) is 6.03. The molecule has 1 saturated carbocycles. The van der Waals surface area contributed by atoms with Crippen molar-refractivity contribution in [2.75, 3.05) is 6.54 Å². The minimum Gasteiger partial charge on any atom is -0.480 e. The van der Waals surface area contributed by atoms with E-state index in [0.717, 1.165) is 0 Å². The summed E-state index contributed by atoms with van der Waals surface area (Å²) in [6.45, 7) is -0.440. The van der Waals surface area contributed by atoms with Crippen molar-refractivity contribution in [1.82, 2.24) is 5.32 Å². The third-order valence-electron chi connectivity index (χ3n) is 2.05. The van der Waals surface area contributed by atoms with Crippen molar-refractivity contribution in [3.63, 3.8) is 0 Å². The van der Waals surface area contributed by atoms with E-state index in [2.05, 4.69) is 5.32 Å². The van der Waals surface area contributed by atoms with Crippen molar-refractivity contribution >= 4 is 11.9 Å². The Labute approximate surface area is 73.8 Å². The SMILES string of the molecule is N#CC1CC1(NCC(=O)O)C(=O)O. The highest BCUT2D eigenvalue weighted by Crippen LogP contribution is 2.42. The van der Waals surface area contributed by atoms with Crippen LogP contribution in [0.3, 0.4) is 0 Å². The monoisotopic (exact) mass is 184 g/mol. The second-order valence-corrected chi connectivity index (χ2v) is 2.91. The molecule has 0 aromatic heterocycles. The summed E-state index contributed by atoms with van der Waals surface area (Å²) in [5, 5.41) is 27.8. The number of hydrogen-bond donors (Lipinski definition) is 3. The Bertz CT molecular complexity index is 295. The van der Waals surface area contributed by atoms with E-state index in [-0.39, 0.29) is 6.42 Å². The molecule has 1 rings (SSSR count). The lowest BCUT2D eigenvalue weighted by Crippen LogP contribution is -2.43. The van der Waals surface area contributed by atoms with Crippen LogP contribution in [0.2, 0.25) is 0 Å². The smallest absolute Gasteiger partial charge is 0.325 e. The molecule has 0 spiro atoms. The van der Waals surface area contributed by atoms with Gasteiger partial charge in [0.05, 0.1) is 18.5 Å². The van der Waals surface area contributed by atoms with Crippen molar-refractivity contribution < 1.29 is 19.8 Å². The number of nitriles is 1. The molecule has 70 valence electrons. The second-order valence-electron chi connectivity index (χ2n) is 2.91. The summed E-state index contributed by atoms with van der Waals surface area (Å²) in [7, 11) is 0. The fourth-order valence-corrected chi connectivity index (χ4v) is 1.16. The minimum atomic E-state index is -1.33. The van der Waals surface area contributed by atoms with Crippen LogP contribution in [0.4, 0.5) is 0 Å². The van der Waals surface area contributed by atoms with Gasteiger partial charge in [0.1, 0.15) is 5.54 Å². The summed E-state index contributed by atoms with van der Waals surface area (Å²) in [4.78, 5) is 20.8. The summed E-state index contributed by atoms with van der Waals surface area (Å²) in [5.74, 6) is -2.92. The minimum absolute atomic E-state index is 0.173. The van der Waals surface area contributed by atoms with Gasteiger partial charge in [-0.2, -0.15) is 5.26 Å². The van der Waals surface area contributed by atoms with E-state index < -0.39 is 29.9 Å². The van der Waals surface area contributed by atoms with Gasteiger partial charge in [0, 0.05) is 0 Å². The zero-order chi connectivity index (χ0) is 10.1. The molecule has 0 amide bonds. The number of aliphatic carboxylic acids is 2. The molecule has 6 heteroatoms. The number of carbonyl (C=O) groups is 2. The number of hydrogen-bond acceptors (Lipinski definition) is 4. The van der Waals surface area contributed by atoms with Gasteiger partial charge in [-0.05, 0) is 6.42 Å². The molecule has 1 aliphatic rings. The van der Waals surface area contributed by atoms with Crippen LogP contribution in [0, 0.1) is 17.2 Å². The fourth-order valence-electron chi connectivity index (χ4n) is 1.16. The van der Waals surface area contributed by atoms with Gasteiger partial charge in [0.2, 0.25) is 0 Å². The van der Waals surface area contributed by atoms with E-state index in [9.17, 15) is 9.59 Å². The van der Waals surface area contributed by atoms with Crippen LogP contribution in [-0.2, 0) is 9.59 Å². The Morgan fingerprint density at radius 1 is 1.62 bits per heavy atom. The number of carboxylic acid groups (broad SMARTS) is 2. The molecule has 2 atom stereocenters. The third-order valence-corrected chi connectivity index (χ3v) is 2.05. The van der Waals surface area contributed by atoms with Gasteiger partial charge in [0.25, 0.3) is 0 Å². The predicted octanol–water partition coefficient (Wildman–Crippen LogP) is -0.973. The Morgan fingerprint density at radius 3 is 2.54 bits per heavy atom. The largest absolute Gasteiger partial charge is 0.480 e. The van der Waals surface area contributed by atoms with Gasteiger partial charge >= 0.3 is 11.9 Å². The molecule has 1 aliphatic carbocycles. The molecule has 2 unspecified atom stereocenters. The van der Waals surface area contributed by atoms with Crippen molar-refractivity contribution in [1.29, 1.82) is 5.26 Å². The van der Waals surface area contributed by atoms with Gasteiger partial charge in [-0.3, -0.25) is 14.9 Å². The summed E-state index contributed by atoms with van der Waals surface area (Å²) in [6, 6.07) is 1.80. The van der Waals surface area contributed by atoms with Crippen LogP contribution in [0.25, 0.3) is 0 Å². The average Bonchev–Trinajstić information content (AvgIpc) is 2.76. The van der Waals surface area contributed by atoms with E-state index in [4.69, 9.17) is 15.5 Å². The van der Waals surface area contributed by atoms with Crippen LogP contribution in [0.1, 0.15) is 6.42 Å². The quantitative estimate of drug-likeness (QED) is 0.518. The van der Waals surface area contributed by atoms with Crippen LogP contribution >= 0.6 is 0 Å². The lowest BCUT2D eigenvalue weighted by Gasteiger charge is -2.09. The van der Waals surface area contributed by atoms with E-state index in [1.54, 1.807) is 6.07 Å². The van der Waals surface area contributed by atoms with Crippen molar-refractivity contribution in [3.8, 4) is 6.07 Å². The maximum atomic E-state index is 10.7. The maximum absolute atomic E-state index is 10.7. The van der Waals surface area contributed by atoms with E-state index in [0.29, 0.717) is 0 Å². The summed E-state index contributed by atoms with van der Waals surface area (Å²) >= 11 is 0. The molecule has 0 saturated heterocycles. The zero-order valence-corrected chi connectivity index (χ0v) is 6.65. The molecule has 13 heavy (non-hydrogen) atoms. The van der Waals surface area contributed by atoms with Crippen molar-refractivity contribution in [2.24, 2.45) is 5.92 Å². The zero-order valence-electron chi connectivity index (χ0n) is 6.65. The first-order valence-electron chi connectivity index (χ1n) is 3.63. The Hall–Kier alpha value is -1.61. The number of rotatable bonds is 4. The van der Waals surface area contributed by atoms with Crippen molar-refractivity contribution in [3.05, 3.63) is 0 Å². The standard InChI is InChI=1S/C7H8N2O4/c8-2-4-1-7(4,6(12)13)9-3-5(10)11/h4,9H,1,3H2,(H,10,11)(H,12,13). The van der Waals surface area contributed by atoms with E-state index in [1.807, 2.05) is 0 Å². The fraction of sp³-hybridized carbons (Fsp3) is 0.571. The van der Waals surface area contributed by atoms with E-state index in [1.165, 1.54) is 0 Å². The molecule has 0 radical (unpaired) electrons. The van der Waals surface area contributed by atoms with Crippen LogP contribution in [0.5, 0.6) is 0 Å². The predicted molar refractivity (Wildman–Crippen MR) is 39.7 cm³/mol. The molecular formula is C7H8N2O4. The molecule has 0 aromatic carbocycles. The average molecular weight is 184 g/mol. The van der Waals surface area contributed by atoms with Crippen LogP contribution in [-0.4, -0.2) is 34.2 Å². The van der Waals surface area contributed by atoms with Crippen LogP contribution in [0.15, 0.2) is 0 Å². The molecule has 0 aromatic rings. The maximum Gasteiger partial charge on any atom is 0.325 e. The second kappa shape index (κ2) is 3.03. The highest BCUT2D eigenvalue weighted by atomic mass is 16.4. The summed E-state index contributed by atoms with van der Waals surface area (Å²) < 4.78 is 0. The number of carboxylic acids is 2. The topological polar surface area (TPSA) is 110 Å². The molecule has 0 bridgehead atoms. The van der Waals surface area contributed by atoms with Gasteiger partial charge in [-0.1, -0.05) is 0 Å². The number of nitrogens with one attached hydrogen (secondary N) is 1. The first kappa shape index (κ1) is 9.48. The van der Waals surface area contributed by atoms with Gasteiger partial charge in [-0.15, -0.1) is 0 Å². The normalized spacial score (nSPS) is 30.5. The Balaban J connectivity index is 2.58. The van der Waals surface area contributed by atoms with Gasteiger partial charge < -0.3 is 10.2 Å². The van der Waals surface area contributed by atoms with Gasteiger partial charge in [-0.25, -0.2) is 0 Å². The Morgan fingerprint density at radius 2 is 2.23 bits per heavy atom. The highest BCUT2D eigenvalue weighted by molar-refractivity contribution is 5.85. The molecule has 0 heterocycles. The summed E-state index contributed by atoms with van der Waals surface area (Å²) in [5.41, 5.74) is -1.33. The lowest BCUT2D eigenvalue weighted by molar-refractivity contribution is -0.141. The van der Waals surface area contributed by atoms with Gasteiger partial charge in [0.15, 0.2) is 0 Å². The molecule has 0 aliphatic heterocycles. The molecular weight excluding hydrogens is 176 g/mol. The molecule has 6 nitrogen and oxygen atoms in total. The number of nitrogens with zero attached hydrogens (tertiary/aromatic N) is 1. The molecule has 1 fully saturated rings. The van der Waals surface area contributed by atoms with Crippen LogP contribution < -0.4 is 5.32 Å². The van der Waals surface area contributed by atoms with Crippen molar-refractivity contribution in [2.45, 2.75) is 12.0 Å².